The Morgan fingerprint density at radius 1 is 1.14 bits per heavy atom. The van der Waals surface area contributed by atoms with Crippen molar-refractivity contribution >= 4 is 54.4 Å². The number of hydrogen-bond donors (Lipinski definition) is 0. The Hall–Kier alpha value is -1.10. The van der Waals surface area contributed by atoms with Crippen LogP contribution in [0.5, 0.6) is 0 Å². The van der Waals surface area contributed by atoms with E-state index in [1.54, 1.807) is 18.2 Å². The molecule has 0 saturated carbocycles. The van der Waals surface area contributed by atoms with Gasteiger partial charge in [0.2, 0.25) is 0 Å². The third kappa shape index (κ3) is 2.80. The standard InChI is InChI=1S/C16H9Br2ClO2/c17-8-9-6-10(18)4-5-11(9)15-7-14(20)12-2-1-3-13(19)16(12)21-15/h1-7H,8H2. The summed E-state index contributed by atoms with van der Waals surface area (Å²) in [4.78, 5) is 12.3. The van der Waals surface area contributed by atoms with Crippen LogP contribution in [0.4, 0.5) is 0 Å². The molecule has 0 saturated heterocycles. The van der Waals surface area contributed by atoms with E-state index in [1.807, 2.05) is 18.2 Å². The van der Waals surface area contributed by atoms with E-state index in [9.17, 15) is 4.79 Å². The van der Waals surface area contributed by atoms with Gasteiger partial charge in [-0.3, -0.25) is 4.79 Å². The molecule has 0 atom stereocenters. The average Bonchev–Trinajstić information content (AvgIpc) is 2.48. The van der Waals surface area contributed by atoms with E-state index in [2.05, 4.69) is 31.9 Å². The van der Waals surface area contributed by atoms with Gasteiger partial charge in [-0.1, -0.05) is 49.5 Å². The van der Waals surface area contributed by atoms with Crippen LogP contribution in [0.2, 0.25) is 5.02 Å². The Morgan fingerprint density at radius 2 is 1.95 bits per heavy atom. The molecule has 0 fully saturated rings. The summed E-state index contributed by atoms with van der Waals surface area (Å²) >= 11 is 13.0. The molecule has 0 aliphatic heterocycles. The fraction of sp³-hybridized carbons (Fsp3) is 0.0625. The van der Waals surface area contributed by atoms with E-state index in [0.717, 1.165) is 15.6 Å². The molecular formula is C16H9Br2ClO2. The fourth-order valence-electron chi connectivity index (χ4n) is 2.19. The van der Waals surface area contributed by atoms with Crippen LogP contribution in [-0.4, -0.2) is 0 Å². The van der Waals surface area contributed by atoms with Gasteiger partial charge in [-0.15, -0.1) is 0 Å². The molecule has 0 aliphatic rings. The van der Waals surface area contributed by atoms with E-state index in [-0.39, 0.29) is 5.43 Å². The molecule has 1 aromatic heterocycles. The van der Waals surface area contributed by atoms with Crippen molar-refractivity contribution < 1.29 is 4.42 Å². The second-order valence-electron chi connectivity index (χ2n) is 4.53. The maximum atomic E-state index is 12.3. The van der Waals surface area contributed by atoms with Gasteiger partial charge < -0.3 is 4.42 Å². The average molecular weight is 429 g/mol. The SMILES string of the molecule is O=c1cc(-c2ccc(Br)cc2CBr)oc2c(Cl)cccc12. The minimum absolute atomic E-state index is 0.0998. The number of para-hydroxylation sites is 1. The third-order valence-corrected chi connectivity index (χ3v) is 4.58. The molecule has 2 aromatic carbocycles. The second kappa shape index (κ2) is 5.95. The van der Waals surface area contributed by atoms with Gasteiger partial charge in [-0.05, 0) is 35.9 Å². The summed E-state index contributed by atoms with van der Waals surface area (Å²) in [6.45, 7) is 0. The van der Waals surface area contributed by atoms with Crippen molar-refractivity contribution in [3.8, 4) is 11.3 Å². The lowest BCUT2D eigenvalue weighted by molar-refractivity contribution is 0.618. The highest BCUT2D eigenvalue weighted by atomic mass is 79.9. The predicted octanol–water partition coefficient (Wildman–Crippen LogP) is 5.77. The van der Waals surface area contributed by atoms with E-state index in [4.69, 9.17) is 16.0 Å². The first-order chi connectivity index (χ1) is 10.1. The number of hydrogen-bond acceptors (Lipinski definition) is 2. The number of halogens is 3. The van der Waals surface area contributed by atoms with Gasteiger partial charge in [0, 0.05) is 21.4 Å². The molecule has 0 N–H and O–H groups in total. The number of fused-ring (bicyclic) bond motifs is 1. The maximum absolute atomic E-state index is 12.3. The summed E-state index contributed by atoms with van der Waals surface area (Å²) in [7, 11) is 0. The summed E-state index contributed by atoms with van der Waals surface area (Å²) in [5, 5.41) is 1.58. The highest BCUT2D eigenvalue weighted by Gasteiger charge is 2.12. The zero-order chi connectivity index (χ0) is 15.0. The zero-order valence-corrected chi connectivity index (χ0v) is 14.6. The van der Waals surface area contributed by atoms with Crippen LogP contribution in [0, 0.1) is 0 Å². The molecule has 21 heavy (non-hydrogen) atoms. The van der Waals surface area contributed by atoms with E-state index < -0.39 is 0 Å². The Kier molecular flexibility index (Phi) is 4.20. The first-order valence-electron chi connectivity index (χ1n) is 6.17. The first-order valence-corrected chi connectivity index (χ1v) is 8.46. The molecule has 1 heterocycles. The zero-order valence-electron chi connectivity index (χ0n) is 10.7. The van der Waals surface area contributed by atoms with Crippen LogP contribution in [0.3, 0.4) is 0 Å². The molecule has 0 unspecified atom stereocenters. The van der Waals surface area contributed by atoms with E-state index in [0.29, 0.717) is 27.1 Å². The van der Waals surface area contributed by atoms with Crippen molar-refractivity contribution in [1.82, 2.24) is 0 Å². The largest absolute Gasteiger partial charge is 0.454 e. The smallest absolute Gasteiger partial charge is 0.193 e. The van der Waals surface area contributed by atoms with Gasteiger partial charge in [0.05, 0.1) is 10.4 Å². The topological polar surface area (TPSA) is 30.2 Å². The lowest BCUT2D eigenvalue weighted by atomic mass is 10.1. The van der Waals surface area contributed by atoms with Crippen molar-refractivity contribution in [2.24, 2.45) is 0 Å². The van der Waals surface area contributed by atoms with Gasteiger partial charge in [0.1, 0.15) is 5.76 Å². The molecule has 106 valence electrons. The maximum Gasteiger partial charge on any atom is 0.193 e. The lowest BCUT2D eigenvalue weighted by Crippen LogP contribution is -2.01. The number of alkyl halides is 1. The highest BCUT2D eigenvalue weighted by Crippen LogP contribution is 2.31. The molecule has 3 aromatic rings. The number of benzene rings is 2. The molecule has 0 spiro atoms. The van der Waals surface area contributed by atoms with E-state index >= 15 is 0 Å². The molecular weight excluding hydrogens is 419 g/mol. The van der Waals surface area contributed by atoms with Crippen molar-refractivity contribution in [1.29, 1.82) is 0 Å². The minimum Gasteiger partial charge on any atom is -0.454 e. The highest BCUT2D eigenvalue weighted by molar-refractivity contribution is 9.10. The Bertz CT molecular complexity index is 887. The summed E-state index contributed by atoms with van der Waals surface area (Å²) in [6.07, 6.45) is 0. The van der Waals surface area contributed by atoms with Crippen molar-refractivity contribution in [2.75, 3.05) is 0 Å². The van der Waals surface area contributed by atoms with Crippen molar-refractivity contribution in [2.45, 2.75) is 5.33 Å². The van der Waals surface area contributed by atoms with Gasteiger partial charge in [-0.2, -0.15) is 0 Å². The monoisotopic (exact) mass is 426 g/mol. The van der Waals surface area contributed by atoms with E-state index in [1.165, 1.54) is 6.07 Å². The minimum atomic E-state index is -0.0998. The summed E-state index contributed by atoms with van der Waals surface area (Å²) in [5.41, 5.74) is 2.22. The Labute approximate surface area is 143 Å². The Morgan fingerprint density at radius 3 is 2.71 bits per heavy atom. The summed E-state index contributed by atoms with van der Waals surface area (Å²) in [5.74, 6) is 0.516. The summed E-state index contributed by atoms with van der Waals surface area (Å²) < 4.78 is 6.85. The van der Waals surface area contributed by atoms with Crippen LogP contribution in [-0.2, 0) is 5.33 Å². The summed E-state index contributed by atoms with van der Waals surface area (Å²) in [6, 6.07) is 12.5. The molecule has 2 nitrogen and oxygen atoms in total. The number of rotatable bonds is 2. The fourth-order valence-corrected chi connectivity index (χ4v) is 3.27. The van der Waals surface area contributed by atoms with Crippen molar-refractivity contribution in [3.63, 3.8) is 0 Å². The quantitative estimate of drug-likeness (QED) is 0.485. The second-order valence-corrected chi connectivity index (χ2v) is 6.41. The molecule has 0 bridgehead atoms. The first kappa shape index (κ1) is 14.8. The molecule has 0 amide bonds. The third-order valence-electron chi connectivity index (χ3n) is 3.18. The lowest BCUT2D eigenvalue weighted by Gasteiger charge is -2.08. The Balaban J connectivity index is 2.31. The van der Waals surface area contributed by atoms with Crippen LogP contribution < -0.4 is 5.43 Å². The van der Waals surface area contributed by atoms with Gasteiger partial charge in [-0.25, -0.2) is 0 Å². The molecule has 3 rings (SSSR count). The van der Waals surface area contributed by atoms with Gasteiger partial charge in [0.25, 0.3) is 0 Å². The van der Waals surface area contributed by atoms with Crippen LogP contribution in [0.25, 0.3) is 22.3 Å². The molecule has 0 radical (unpaired) electrons. The van der Waals surface area contributed by atoms with Gasteiger partial charge >= 0.3 is 0 Å². The van der Waals surface area contributed by atoms with Crippen LogP contribution in [0.15, 0.2) is 56.1 Å². The van der Waals surface area contributed by atoms with Gasteiger partial charge in [0.15, 0.2) is 11.0 Å². The van der Waals surface area contributed by atoms with Crippen LogP contribution >= 0.6 is 43.5 Å². The van der Waals surface area contributed by atoms with Crippen molar-refractivity contribution in [3.05, 3.63) is 67.7 Å². The van der Waals surface area contributed by atoms with Crippen LogP contribution in [0.1, 0.15) is 5.56 Å². The molecule has 5 heteroatoms. The molecule has 0 aliphatic carbocycles. The normalized spacial score (nSPS) is 11.0. The predicted molar refractivity (Wildman–Crippen MR) is 93.3 cm³/mol.